The molecule has 1 aliphatic rings. The average Bonchev–Trinajstić information content (AvgIpc) is 3.50. The van der Waals surface area contributed by atoms with Crippen LogP contribution in [0.2, 0.25) is 0 Å². The van der Waals surface area contributed by atoms with Gasteiger partial charge < -0.3 is 34.5 Å². The van der Waals surface area contributed by atoms with Crippen molar-refractivity contribution in [1.82, 2.24) is 10.3 Å². The summed E-state index contributed by atoms with van der Waals surface area (Å²) in [5.41, 5.74) is 4.99. The lowest BCUT2D eigenvalue weighted by Crippen LogP contribution is -2.34. The maximum atomic E-state index is 12.7. The Kier molecular flexibility index (Phi) is 11.4. The summed E-state index contributed by atoms with van der Waals surface area (Å²) in [4.78, 5) is 32.3. The lowest BCUT2D eigenvalue weighted by Gasteiger charge is -2.19. The minimum absolute atomic E-state index is 0.110. The third-order valence-corrected chi connectivity index (χ3v) is 7.48. The lowest BCUT2D eigenvalue weighted by atomic mass is 10.1. The molecule has 0 spiro atoms. The van der Waals surface area contributed by atoms with Gasteiger partial charge in [-0.2, -0.15) is 0 Å². The fourth-order valence-electron chi connectivity index (χ4n) is 4.56. The Labute approximate surface area is 257 Å². The SMILES string of the molecule is Cc1sc(NC(=O)Cc2ccc(OCCOCCOCCNC(=O)OC(C)(C)C)cc2)nc1-c1ccc2c(c1)CCN2C. The summed E-state index contributed by atoms with van der Waals surface area (Å²) in [5.74, 6) is 0.596. The Bertz CT molecular complexity index is 1370. The number of alkyl carbamates (subject to hydrolysis) is 1. The van der Waals surface area contributed by atoms with E-state index < -0.39 is 11.7 Å². The number of nitrogens with one attached hydrogen (secondary N) is 2. The van der Waals surface area contributed by atoms with Crippen molar-refractivity contribution in [2.45, 2.75) is 46.1 Å². The highest BCUT2D eigenvalue weighted by Gasteiger charge is 2.19. The molecule has 2 heterocycles. The van der Waals surface area contributed by atoms with Crippen LogP contribution in [-0.2, 0) is 31.8 Å². The number of nitrogens with zero attached hydrogens (tertiary/aromatic N) is 2. The van der Waals surface area contributed by atoms with Gasteiger partial charge >= 0.3 is 6.09 Å². The van der Waals surface area contributed by atoms with Gasteiger partial charge in [0, 0.05) is 36.3 Å². The number of hydrogen-bond acceptors (Lipinski definition) is 9. The molecule has 0 saturated heterocycles. The van der Waals surface area contributed by atoms with E-state index in [0.717, 1.165) is 34.7 Å². The summed E-state index contributed by atoms with van der Waals surface area (Å²) >= 11 is 1.49. The van der Waals surface area contributed by atoms with E-state index in [4.69, 9.17) is 23.9 Å². The van der Waals surface area contributed by atoms with Crippen LogP contribution in [0.15, 0.2) is 42.5 Å². The number of thiazole rings is 1. The Morgan fingerprint density at radius 2 is 1.72 bits per heavy atom. The predicted octanol–water partition coefficient (Wildman–Crippen LogP) is 5.23. The van der Waals surface area contributed by atoms with E-state index in [1.165, 1.54) is 22.6 Å². The number of carbonyl (C=O) groups excluding carboxylic acids is 2. The number of hydrogen-bond donors (Lipinski definition) is 2. The van der Waals surface area contributed by atoms with Gasteiger partial charge in [0.1, 0.15) is 18.0 Å². The number of aromatic nitrogens is 1. The Balaban J connectivity index is 1.10. The summed E-state index contributed by atoms with van der Waals surface area (Å²) in [5, 5.41) is 6.20. The molecule has 232 valence electrons. The molecule has 2 aromatic carbocycles. The quantitative estimate of drug-likeness (QED) is 0.239. The van der Waals surface area contributed by atoms with Crippen LogP contribution in [0, 0.1) is 6.92 Å². The van der Waals surface area contributed by atoms with Crippen LogP contribution >= 0.6 is 11.3 Å². The van der Waals surface area contributed by atoms with Crippen LogP contribution < -0.4 is 20.3 Å². The van der Waals surface area contributed by atoms with Crippen molar-refractivity contribution < 1.29 is 28.5 Å². The third kappa shape index (κ3) is 10.2. The van der Waals surface area contributed by atoms with Crippen molar-refractivity contribution in [1.29, 1.82) is 0 Å². The van der Waals surface area contributed by atoms with E-state index in [9.17, 15) is 9.59 Å². The molecule has 3 aromatic rings. The van der Waals surface area contributed by atoms with Crippen LogP contribution in [0.5, 0.6) is 5.75 Å². The molecule has 0 saturated carbocycles. The topological polar surface area (TPSA) is 111 Å². The van der Waals surface area contributed by atoms with E-state index in [0.29, 0.717) is 50.5 Å². The third-order valence-electron chi connectivity index (χ3n) is 6.59. The first-order valence-corrected chi connectivity index (χ1v) is 15.3. The first-order chi connectivity index (χ1) is 20.6. The predicted molar refractivity (Wildman–Crippen MR) is 169 cm³/mol. The van der Waals surface area contributed by atoms with Crippen molar-refractivity contribution >= 4 is 34.2 Å². The monoisotopic (exact) mass is 610 g/mol. The van der Waals surface area contributed by atoms with Gasteiger partial charge in [0.05, 0.1) is 38.5 Å². The van der Waals surface area contributed by atoms with Gasteiger partial charge in [0.25, 0.3) is 0 Å². The molecule has 0 atom stereocenters. The number of carbonyl (C=O) groups is 2. The maximum Gasteiger partial charge on any atom is 0.407 e. The second kappa shape index (κ2) is 15.2. The van der Waals surface area contributed by atoms with Crippen molar-refractivity contribution in [2.75, 3.05) is 63.4 Å². The summed E-state index contributed by atoms with van der Waals surface area (Å²) < 4.78 is 21.8. The van der Waals surface area contributed by atoms with Gasteiger partial charge in [0.2, 0.25) is 5.91 Å². The van der Waals surface area contributed by atoms with Crippen LogP contribution in [-0.4, -0.2) is 75.8 Å². The minimum atomic E-state index is -0.520. The molecule has 0 fully saturated rings. The number of amides is 2. The molecule has 4 rings (SSSR count). The molecule has 0 unspecified atom stereocenters. The van der Waals surface area contributed by atoms with Crippen LogP contribution in [0.1, 0.15) is 36.8 Å². The summed E-state index contributed by atoms with van der Waals surface area (Å²) in [6.07, 6.45) is 0.828. The van der Waals surface area contributed by atoms with Crippen LogP contribution in [0.4, 0.5) is 15.6 Å². The Morgan fingerprint density at radius 3 is 2.47 bits per heavy atom. The van der Waals surface area contributed by atoms with Gasteiger partial charge in [-0.25, -0.2) is 9.78 Å². The molecular formula is C32H42N4O6S. The number of anilines is 2. The van der Waals surface area contributed by atoms with Gasteiger partial charge in [-0.15, -0.1) is 11.3 Å². The maximum absolute atomic E-state index is 12.7. The largest absolute Gasteiger partial charge is 0.491 e. The first-order valence-electron chi connectivity index (χ1n) is 14.5. The zero-order valence-electron chi connectivity index (χ0n) is 25.7. The molecule has 43 heavy (non-hydrogen) atoms. The number of aryl methyl sites for hydroxylation is 1. The minimum Gasteiger partial charge on any atom is -0.491 e. The highest BCUT2D eigenvalue weighted by atomic mass is 32.1. The van der Waals surface area contributed by atoms with Crippen LogP contribution in [0.3, 0.4) is 0 Å². The van der Waals surface area contributed by atoms with Crippen molar-refractivity contribution in [2.24, 2.45) is 0 Å². The average molecular weight is 611 g/mol. The number of rotatable bonds is 14. The highest BCUT2D eigenvalue weighted by molar-refractivity contribution is 7.16. The first kappa shape index (κ1) is 32.2. The summed E-state index contributed by atoms with van der Waals surface area (Å²) in [7, 11) is 2.11. The van der Waals surface area contributed by atoms with Gasteiger partial charge in [0.15, 0.2) is 5.13 Å². The van der Waals surface area contributed by atoms with Crippen molar-refractivity contribution in [3.63, 3.8) is 0 Å². The second-order valence-electron chi connectivity index (χ2n) is 11.3. The zero-order valence-corrected chi connectivity index (χ0v) is 26.5. The fraction of sp³-hybridized carbons (Fsp3) is 0.469. The van der Waals surface area contributed by atoms with E-state index in [1.807, 2.05) is 52.0 Å². The highest BCUT2D eigenvalue weighted by Crippen LogP contribution is 2.35. The Morgan fingerprint density at radius 1 is 1.00 bits per heavy atom. The van der Waals surface area contributed by atoms with E-state index in [1.54, 1.807) is 0 Å². The molecule has 1 aliphatic heterocycles. The molecule has 2 amide bonds. The normalized spacial score (nSPS) is 12.6. The molecule has 0 bridgehead atoms. The molecule has 2 N–H and O–H groups in total. The molecular weight excluding hydrogens is 568 g/mol. The van der Waals surface area contributed by atoms with E-state index >= 15 is 0 Å². The van der Waals surface area contributed by atoms with Crippen molar-refractivity contribution in [3.05, 3.63) is 58.5 Å². The molecule has 1 aromatic heterocycles. The zero-order chi connectivity index (χ0) is 30.8. The summed E-state index contributed by atoms with van der Waals surface area (Å²) in [6.45, 7) is 10.9. The second-order valence-corrected chi connectivity index (χ2v) is 12.5. The molecule has 0 aliphatic carbocycles. The number of likely N-dealkylation sites (N-methyl/N-ethyl adjacent to an activating group) is 1. The van der Waals surface area contributed by atoms with Crippen LogP contribution in [0.25, 0.3) is 11.3 Å². The number of benzene rings is 2. The molecule has 0 radical (unpaired) electrons. The smallest absolute Gasteiger partial charge is 0.407 e. The standard InChI is InChI=1S/C32H42N4O6S/c1-22-29(25-8-11-27-24(21-25)12-14-36(27)5)35-30(43-22)34-28(37)20-23-6-9-26(10-7-23)41-19-18-40-17-16-39-15-13-33-31(38)42-32(2,3)4/h6-11,21H,12-20H2,1-5H3,(H,33,38)(H,34,35,37). The van der Waals surface area contributed by atoms with Gasteiger partial charge in [-0.1, -0.05) is 18.2 Å². The summed E-state index contributed by atoms with van der Waals surface area (Å²) in [6, 6.07) is 13.9. The van der Waals surface area contributed by atoms with Gasteiger partial charge in [-0.05, 0) is 69.5 Å². The number of ether oxygens (including phenoxy) is 4. The molecule has 11 heteroatoms. The van der Waals surface area contributed by atoms with E-state index in [2.05, 4.69) is 40.8 Å². The van der Waals surface area contributed by atoms with Crippen molar-refractivity contribution in [3.8, 4) is 17.0 Å². The fourth-order valence-corrected chi connectivity index (χ4v) is 5.42. The lowest BCUT2D eigenvalue weighted by molar-refractivity contribution is -0.115. The van der Waals surface area contributed by atoms with E-state index in [-0.39, 0.29) is 12.3 Å². The number of fused-ring (bicyclic) bond motifs is 1. The molecule has 10 nitrogen and oxygen atoms in total. The Hall–Kier alpha value is -3.67. The van der Waals surface area contributed by atoms with Gasteiger partial charge in [-0.3, -0.25) is 4.79 Å².